The Morgan fingerprint density at radius 1 is 1.43 bits per heavy atom. The molecule has 1 heterocycles. The van der Waals surface area contributed by atoms with E-state index in [1.54, 1.807) is 35.6 Å². The zero-order valence-electron chi connectivity index (χ0n) is 12.4. The van der Waals surface area contributed by atoms with Gasteiger partial charge in [-0.15, -0.1) is 11.3 Å². The molecule has 0 saturated heterocycles. The van der Waals surface area contributed by atoms with Gasteiger partial charge in [-0.25, -0.2) is 9.27 Å². The van der Waals surface area contributed by atoms with Crippen LogP contribution in [0.2, 0.25) is 0 Å². The van der Waals surface area contributed by atoms with Gasteiger partial charge < -0.3 is 9.87 Å². The summed E-state index contributed by atoms with van der Waals surface area (Å²) in [6.45, 7) is 0. The molecule has 0 spiro atoms. The lowest BCUT2D eigenvalue weighted by Gasteiger charge is -2.20. The molecule has 1 amide bonds. The molecular weight excluding hydrogens is 336 g/mol. The van der Waals surface area contributed by atoms with Crippen molar-refractivity contribution in [2.45, 2.75) is 18.9 Å². The Bertz CT molecular complexity index is 726. The van der Waals surface area contributed by atoms with E-state index in [2.05, 4.69) is 21.0 Å². The maximum absolute atomic E-state index is 12.4. The van der Waals surface area contributed by atoms with Gasteiger partial charge in [0.1, 0.15) is 11.4 Å². The number of hydroxylamine groups is 1. The average Bonchev–Trinajstić information content (AvgIpc) is 3.07. The lowest BCUT2D eigenvalue weighted by molar-refractivity contribution is 0.0938. The Labute approximate surface area is 140 Å². The van der Waals surface area contributed by atoms with Gasteiger partial charge in [0.15, 0.2) is 0 Å². The Hall–Kier alpha value is -1.74. The van der Waals surface area contributed by atoms with E-state index in [0.717, 1.165) is 17.9 Å². The normalized spacial score (nSPS) is 17.6. The molecule has 2 atom stereocenters. The third kappa shape index (κ3) is 3.78. The van der Waals surface area contributed by atoms with Gasteiger partial charge in [-0.3, -0.25) is 4.79 Å². The number of benzene rings is 1. The average molecular weight is 351 g/mol. The maximum Gasteiger partial charge on any atom is 0.251 e. The Kier molecular flexibility index (Phi) is 4.76. The molecule has 0 fully saturated rings. The van der Waals surface area contributed by atoms with Crippen LogP contribution in [0.25, 0.3) is 0 Å². The fourth-order valence-electron chi connectivity index (χ4n) is 2.64. The van der Waals surface area contributed by atoms with Gasteiger partial charge >= 0.3 is 0 Å². The number of nitrogens with one attached hydrogen (secondary N) is 1. The van der Waals surface area contributed by atoms with Gasteiger partial charge in [0.25, 0.3) is 5.91 Å². The summed E-state index contributed by atoms with van der Waals surface area (Å²) < 4.78 is 25.7. The number of hydrogen-bond acceptors (Lipinski definition) is 6. The van der Waals surface area contributed by atoms with Gasteiger partial charge in [-0.2, -0.15) is 4.28 Å². The number of nitrogens with zero attached hydrogens (tertiary/aromatic N) is 1. The Morgan fingerprint density at radius 2 is 2.26 bits per heavy atom. The summed E-state index contributed by atoms with van der Waals surface area (Å²) in [6, 6.07) is 8.83. The lowest BCUT2D eigenvalue weighted by Crippen LogP contribution is -2.35. The van der Waals surface area contributed by atoms with Gasteiger partial charge in [-0.05, 0) is 41.6 Å². The molecular formula is C15H15N2O4S2-. The van der Waals surface area contributed by atoms with Gasteiger partial charge in [-0.1, -0.05) is 6.07 Å². The summed E-state index contributed by atoms with van der Waals surface area (Å²) in [4.78, 5) is 13.7. The summed E-state index contributed by atoms with van der Waals surface area (Å²) in [5.74, 6) is -0.177. The van der Waals surface area contributed by atoms with Crippen LogP contribution >= 0.6 is 11.3 Å². The zero-order valence-corrected chi connectivity index (χ0v) is 14.0. The van der Waals surface area contributed by atoms with E-state index in [0.29, 0.717) is 11.3 Å². The highest BCUT2D eigenvalue weighted by Gasteiger charge is 2.24. The van der Waals surface area contributed by atoms with Crippen LogP contribution in [-0.2, 0) is 28.5 Å². The first-order valence-electron chi connectivity index (χ1n) is 7.00. The highest BCUT2D eigenvalue weighted by molar-refractivity contribution is 7.74. The lowest BCUT2D eigenvalue weighted by atomic mass is 10.1. The van der Waals surface area contributed by atoms with E-state index < -0.39 is 11.4 Å². The van der Waals surface area contributed by atoms with Crippen molar-refractivity contribution in [3.8, 4) is 0 Å². The number of thiophene rings is 1. The fourth-order valence-corrected chi connectivity index (χ4v) is 3.90. The van der Waals surface area contributed by atoms with Crippen LogP contribution < -0.4 is 10.4 Å². The first-order valence-corrected chi connectivity index (χ1v) is 8.88. The van der Waals surface area contributed by atoms with Crippen molar-refractivity contribution in [1.29, 1.82) is 0 Å². The van der Waals surface area contributed by atoms with Crippen molar-refractivity contribution in [2.75, 3.05) is 12.1 Å². The van der Waals surface area contributed by atoms with Crippen molar-refractivity contribution in [3.05, 3.63) is 51.7 Å². The smallest absolute Gasteiger partial charge is 0.251 e. The second-order valence-electron chi connectivity index (χ2n) is 5.27. The monoisotopic (exact) mass is 351 g/mol. The van der Waals surface area contributed by atoms with Gasteiger partial charge in [0.2, 0.25) is 0 Å². The van der Waals surface area contributed by atoms with Gasteiger partial charge in [0, 0.05) is 30.0 Å². The van der Waals surface area contributed by atoms with Crippen LogP contribution in [0.15, 0.2) is 35.7 Å². The largest absolute Gasteiger partial charge is 0.748 e. The number of rotatable bonds is 5. The molecule has 1 aliphatic carbocycles. The molecule has 8 heteroatoms. The molecule has 2 aromatic rings. The summed E-state index contributed by atoms with van der Waals surface area (Å²) in [6.07, 6.45) is 1.71. The van der Waals surface area contributed by atoms with E-state index in [1.807, 2.05) is 0 Å². The Balaban J connectivity index is 1.66. The number of fused-ring (bicyclic) bond motifs is 1. The van der Waals surface area contributed by atoms with Crippen molar-refractivity contribution >= 4 is 34.3 Å². The van der Waals surface area contributed by atoms with Crippen LogP contribution in [0.1, 0.15) is 20.8 Å². The number of hydrogen-bond donors (Lipinski definition) is 1. The molecule has 0 aliphatic heterocycles. The molecule has 0 radical (unpaired) electrons. The number of amides is 1. The van der Waals surface area contributed by atoms with E-state index in [4.69, 9.17) is 0 Å². The molecule has 6 nitrogen and oxygen atoms in total. The van der Waals surface area contributed by atoms with Gasteiger partial charge in [0.05, 0.1) is 5.69 Å². The molecule has 23 heavy (non-hydrogen) atoms. The standard InChI is InChI=1S/C15H16N2O4S2/c1-17(21-23(19)20)13-4-2-3-11(8-13)15(18)16-12-7-10-5-6-22-14(10)9-12/h2-6,8,12H,7,9H2,1H3,(H,16,18)(H,19,20)/p-1. The number of carbonyl (C=O) groups excluding carboxylic acids is 1. The predicted molar refractivity (Wildman–Crippen MR) is 87.8 cm³/mol. The van der Waals surface area contributed by atoms with Crippen LogP contribution in [0, 0.1) is 0 Å². The van der Waals surface area contributed by atoms with E-state index in [9.17, 15) is 13.6 Å². The molecule has 1 N–H and O–H groups in total. The van der Waals surface area contributed by atoms with Crippen LogP contribution in [-0.4, -0.2) is 27.8 Å². The first-order chi connectivity index (χ1) is 11.0. The molecule has 0 saturated carbocycles. The molecule has 0 bridgehead atoms. The quantitative estimate of drug-likeness (QED) is 0.656. The molecule has 1 aromatic heterocycles. The third-order valence-electron chi connectivity index (χ3n) is 3.72. The van der Waals surface area contributed by atoms with Crippen LogP contribution in [0.5, 0.6) is 0 Å². The zero-order chi connectivity index (χ0) is 16.4. The van der Waals surface area contributed by atoms with Crippen molar-refractivity contribution < 1.29 is 17.8 Å². The van der Waals surface area contributed by atoms with Crippen LogP contribution in [0.4, 0.5) is 5.69 Å². The molecule has 2 unspecified atom stereocenters. The van der Waals surface area contributed by atoms with E-state index >= 15 is 0 Å². The minimum atomic E-state index is -2.66. The van der Waals surface area contributed by atoms with Crippen LogP contribution in [0.3, 0.4) is 0 Å². The molecule has 3 rings (SSSR count). The van der Waals surface area contributed by atoms with Crippen molar-refractivity contribution in [3.63, 3.8) is 0 Å². The first kappa shape index (κ1) is 16.1. The number of anilines is 1. The summed E-state index contributed by atoms with van der Waals surface area (Å²) in [5, 5.41) is 6.18. The third-order valence-corrected chi connectivity index (χ3v) is 5.05. The Morgan fingerprint density at radius 3 is 3.00 bits per heavy atom. The summed E-state index contributed by atoms with van der Waals surface area (Å²) >= 11 is -0.941. The van der Waals surface area contributed by atoms with Crippen molar-refractivity contribution in [1.82, 2.24) is 5.32 Å². The topological polar surface area (TPSA) is 81.7 Å². The molecule has 1 aliphatic rings. The summed E-state index contributed by atoms with van der Waals surface area (Å²) in [5.41, 5.74) is 2.25. The van der Waals surface area contributed by atoms with E-state index in [1.165, 1.54) is 17.5 Å². The van der Waals surface area contributed by atoms with Crippen molar-refractivity contribution in [2.24, 2.45) is 0 Å². The second-order valence-corrected chi connectivity index (χ2v) is 6.83. The fraction of sp³-hybridized carbons (Fsp3) is 0.267. The summed E-state index contributed by atoms with van der Waals surface area (Å²) in [7, 11) is 1.46. The highest BCUT2D eigenvalue weighted by Crippen LogP contribution is 2.27. The SMILES string of the molecule is CN(OS(=O)[O-])c1cccc(C(=O)NC2Cc3ccsc3C2)c1. The maximum atomic E-state index is 12.4. The molecule has 1 aromatic carbocycles. The highest BCUT2D eigenvalue weighted by atomic mass is 32.2. The molecule has 122 valence electrons. The predicted octanol–water partition coefficient (Wildman–Crippen LogP) is 1.81. The van der Waals surface area contributed by atoms with E-state index in [-0.39, 0.29) is 11.9 Å². The minimum absolute atomic E-state index is 0.108. The second kappa shape index (κ2) is 6.79. The minimum Gasteiger partial charge on any atom is -0.748 e. The number of carbonyl (C=O) groups is 1.